The molecule has 0 radical (unpaired) electrons. The van der Waals surface area contributed by atoms with Crippen molar-refractivity contribution in [3.63, 3.8) is 0 Å². The Labute approximate surface area is 140 Å². The van der Waals surface area contributed by atoms with Gasteiger partial charge < -0.3 is 5.73 Å². The molecule has 5 heteroatoms. The maximum absolute atomic E-state index is 6.02. The normalized spacial score (nSPS) is 20.4. The standard InChI is InChI=1S/C16H20BrN3.ClH/c1-11(18)12-6-8-20(9-12)10-13-4-5-15(17)14-3-2-7-19-16(13)14;/h2-5,7,11-12H,6,8-10,18H2,1H3;1H. The van der Waals surface area contributed by atoms with Crippen molar-refractivity contribution in [1.29, 1.82) is 0 Å². The van der Waals surface area contributed by atoms with E-state index < -0.39 is 0 Å². The van der Waals surface area contributed by atoms with E-state index >= 15 is 0 Å². The lowest BCUT2D eigenvalue weighted by atomic mass is 10.0. The van der Waals surface area contributed by atoms with Gasteiger partial charge in [0, 0.05) is 35.2 Å². The number of halogens is 2. The number of hydrogen-bond acceptors (Lipinski definition) is 3. The second-order valence-corrected chi connectivity index (χ2v) is 6.60. The number of nitrogens with two attached hydrogens (primary N) is 1. The van der Waals surface area contributed by atoms with Gasteiger partial charge in [0.2, 0.25) is 0 Å². The molecular formula is C16H21BrClN3. The molecule has 1 aliphatic rings. The zero-order chi connectivity index (χ0) is 14.1. The van der Waals surface area contributed by atoms with Crippen LogP contribution < -0.4 is 5.73 Å². The SMILES string of the molecule is CC(N)C1CCN(Cc2ccc(Br)c3cccnc23)C1.Cl. The van der Waals surface area contributed by atoms with Crippen molar-refractivity contribution >= 4 is 39.2 Å². The molecule has 0 bridgehead atoms. The van der Waals surface area contributed by atoms with Gasteiger partial charge in [0.25, 0.3) is 0 Å². The van der Waals surface area contributed by atoms with Crippen LogP contribution in [0.5, 0.6) is 0 Å². The van der Waals surface area contributed by atoms with E-state index in [-0.39, 0.29) is 12.4 Å². The van der Waals surface area contributed by atoms with Crippen LogP contribution in [-0.4, -0.2) is 29.0 Å². The Morgan fingerprint density at radius 1 is 1.43 bits per heavy atom. The Morgan fingerprint density at radius 3 is 2.95 bits per heavy atom. The highest BCUT2D eigenvalue weighted by atomic mass is 79.9. The Hall–Kier alpha value is -0.680. The summed E-state index contributed by atoms with van der Waals surface area (Å²) in [6.07, 6.45) is 3.08. The van der Waals surface area contributed by atoms with Crippen LogP contribution in [-0.2, 0) is 6.54 Å². The van der Waals surface area contributed by atoms with Gasteiger partial charge in [-0.05, 0) is 43.5 Å². The largest absolute Gasteiger partial charge is 0.328 e. The summed E-state index contributed by atoms with van der Waals surface area (Å²) in [6, 6.07) is 8.69. The molecule has 0 amide bonds. The van der Waals surface area contributed by atoms with Crippen molar-refractivity contribution in [3.8, 4) is 0 Å². The predicted molar refractivity (Wildman–Crippen MR) is 93.7 cm³/mol. The Morgan fingerprint density at radius 2 is 2.24 bits per heavy atom. The van der Waals surface area contributed by atoms with Gasteiger partial charge in [-0.25, -0.2) is 0 Å². The molecule has 0 aliphatic carbocycles. The topological polar surface area (TPSA) is 42.1 Å². The number of rotatable bonds is 3. The first-order valence-electron chi connectivity index (χ1n) is 7.15. The van der Waals surface area contributed by atoms with Gasteiger partial charge >= 0.3 is 0 Å². The maximum atomic E-state index is 6.02. The van der Waals surface area contributed by atoms with E-state index in [2.05, 4.69) is 50.9 Å². The minimum atomic E-state index is 0. The van der Waals surface area contributed by atoms with Crippen molar-refractivity contribution in [1.82, 2.24) is 9.88 Å². The van der Waals surface area contributed by atoms with Gasteiger partial charge in [-0.3, -0.25) is 9.88 Å². The molecule has 2 unspecified atom stereocenters. The number of fused-ring (bicyclic) bond motifs is 1. The monoisotopic (exact) mass is 369 g/mol. The predicted octanol–water partition coefficient (Wildman–Crippen LogP) is 3.59. The lowest BCUT2D eigenvalue weighted by molar-refractivity contribution is 0.309. The Balaban J connectivity index is 0.00000161. The molecule has 0 saturated carbocycles. The molecule has 1 fully saturated rings. The summed E-state index contributed by atoms with van der Waals surface area (Å²) in [4.78, 5) is 7.05. The van der Waals surface area contributed by atoms with Crippen molar-refractivity contribution in [3.05, 3.63) is 40.5 Å². The summed E-state index contributed by atoms with van der Waals surface area (Å²) in [5.41, 5.74) is 8.42. The number of pyridine rings is 1. The van der Waals surface area contributed by atoms with Gasteiger partial charge in [0.15, 0.2) is 0 Å². The number of nitrogens with zero attached hydrogens (tertiary/aromatic N) is 2. The van der Waals surface area contributed by atoms with Crippen molar-refractivity contribution < 1.29 is 0 Å². The third-order valence-corrected chi connectivity index (χ3v) is 4.94. The van der Waals surface area contributed by atoms with Gasteiger partial charge in [-0.2, -0.15) is 0 Å². The van der Waals surface area contributed by atoms with Gasteiger partial charge in [-0.15, -0.1) is 12.4 Å². The van der Waals surface area contributed by atoms with Gasteiger partial charge in [-0.1, -0.05) is 28.1 Å². The van der Waals surface area contributed by atoms with Crippen LogP contribution in [0.2, 0.25) is 0 Å². The van der Waals surface area contributed by atoms with Crippen LogP contribution >= 0.6 is 28.3 Å². The van der Waals surface area contributed by atoms with Crippen LogP contribution in [0, 0.1) is 5.92 Å². The van der Waals surface area contributed by atoms with Crippen LogP contribution in [0.1, 0.15) is 18.9 Å². The highest BCUT2D eigenvalue weighted by Gasteiger charge is 2.25. The van der Waals surface area contributed by atoms with E-state index in [0.29, 0.717) is 12.0 Å². The molecule has 0 spiro atoms. The van der Waals surface area contributed by atoms with E-state index in [1.807, 2.05) is 12.3 Å². The molecule has 1 aromatic heterocycles. The summed E-state index contributed by atoms with van der Waals surface area (Å²) in [5.74, 6) is 0.629. The van der Waals surface area contributed by atoms with Crippen molar-refractivity contribution in [2.24, 2.45) is 11.7 Å². The average Bonchev–Trinajstić information content (AvgIpc) is 2.91. The number of hydrogen-bond donors (Lipinski definition) is 1. The Bertz CT molecular complexity index is 617. The van der Waals surface area contributed by atoms with Crippen molar-refractivity contribution in [2.45, 2.75) is 25.9 Å². The van der Waals surface area contributed by atoms with Crippen LogP contribution in [0.3, 0.4) is 0 Å². The minimum absolute atomic E-state index is 0. The molecule has 2 N–H and O–H groups in total. The molecule has 1 saturated heterocycles. The molecule has 2 aromatic rings. The first-order valence-corrected chi connectivity index (χ1v) is 7.94. The molecular weight excluding hydrogens is 350 g/mol. The quantitative estimate of drug-likeness (QED) is 0.898. The molecule has 3 nitrogen and oxygen atoms in total. The molecule has 1 aromatic carbocycles. The fraction of sp³-hybridized carbons (Fsp3) is 0.438. The molecule has 1 aliphatic heterocycles. The highest BCUT2D eigenvalue weighted by molar-refractivity contribution is 9.10. The second kappa shape index (κ2) is 7.05. The number of likely N-dealkylation sites (tertiary alicyclic amines) is 1. The van der Waals surface area contributed by atoms with Crippen molar-refractivity contribution in [2.75, 3.05) is 13.1 Å². The van der Waals surface area contributed by atoms with Gasteiger partial charge in [0.1, 0.15) is 0 Å². The Kier molecular flexibility index (Phi) is 5.60. The van der Waals surface area contributed by atoms with E-state index in [1.165, 1.54) is 17.4 Å². The third-order valence-electron chi connectivity index (χ3n) is 4.25. The van der Waals surface area contributed by atoms with Crippen LogP contribution in [0.4, 0.5) is 0 Å². The zero-order valence-corrected chi connectivity index (χ0v) is 14.5. The zero-order valence-electron chi connectivity index (χ0n) is 12.1. The fourth-order valence-electron chi connectivity index (χ4n) is 3.00. The lowest BCUT2D eigenvalue weighted by Crippen LogP contribution is -2.29. The summed E-state index contributed by atoms with van der Waals surface area (Å²) in [5, 5.41) is 1.19. The van der Waals surface area contributed by atoms with Crippen LogP contribution in [0.15, 0.2) is 34.9 Å². The molecule has 21 heavy (non-hydrogen) atoms. The number of aromatic nitrogens is 1. The van der Waals surface area contributed by atoms with E-state index in [1.54, 1.807) is 0 Å². The summed E-state index contributed by atoms with van der Waals surface area (Å²) in [6.45, 7) is 5.31. The summed E-state index contributed by atoms with van der Waals surface area (Å²) < 4.78 is 1.11. The van der Waals surface area contributed by atoms with E-state index in [4.69, 9.17) is 5.73 Å². The summed E-state index contributed by atoms with van der Waals surface area (Å²) in [7, 11) is 0. The number of benzene rings is 1. The smallest absolute Gasteiger partial charge is 0.0758 e. The second-order valence-electron chi connectivity index (χ2n) is 5.75. The van der Waals surface area contributed by atoms with Gasteiger partial charge in [0.05, 0.1) is 5.52 Å². The molecule has 114 valence electrons. The highest BCUT2D eigenvalue weighted by Crippen LogP contribution is 2.27. The lowest BCUT2D eigenvalue weighted by Gasteiger charge is -2.18. The van der Waals surface area contributed by atoms with E-state index in [0.717, 1.165) is 29.6 Å². The first kappa shape index (κ1) is 16.7. The third kappa shape index (κ3) is 3.57. The first-order chi connectivity index (χ1) is 9.65. The van der Waals surface area contributed by atoms with E-state index in [9.17, 15) is 0 Å². The molecule has 3 rings (SSSR count). The molecule has 2 heterocycles. The summed E-state index contributed by atoms with van der Waals surface area (Å²) >= 11 is 3.60. The fourth-order valence-corrected chi connectivity index (χ4v) is 3.45. The average molecular weight is 371 g/mol. The maximum Gasteiger partial charge on any atom is 0.0758 e. The van der Waals surface area contributed by atoms with Crippen LogP contribution in [0.25, 0.3) is 10.9 Å². The molecule has 2 atom stereocenters. The minimum Gasteiger partial charge on any atom is -0.328 e.